The zero-order valence-electron chi connectivity index (χ0n) is 7.89. The van der Waals surface area contributed by atoms with E-state index >= 15 is 0 Å². The van der Waals surface area contributed by atoms with Gasteiger partial charge in [-0.1, -0.05) is 30.7 Å². The lowest BCUT2D eigenvalue weighted by atomic mass is 9.99. The second-order valence-electron chi connectivity index (χ2n) is 3.96. The van der Waals surface area contributed by atoms with Crippen LogP contribution in [0.2, 0.25) is 5.02 Å². The van der Waals surface area contributed by atoms with Crippen molar-refractivity contribution in [1.29, 1.82) is 0 Å². The van der Waals surface area contributed by atoms with Crippen LogP contribution in [0.15, 0.2) is 18.2 Å². The Morgan fingerprint density at radius 2 is 2.15 bits per heavy atom. The first-order valence-electron chi connectivity index (χ1n) is 4.81. The van der Waals surface area contributed by atoms with Crippen molar-refractivity contribution in [2.24, 2.45) is 0 Å². The van der Waals surface area contributed by atoms with Gasteiger partial charge >= 0.3 is 0 Å². The number of hydrogen-bond acceptors (Lipinski definition) is 0. The molecule has 1 aromatic carbocycles. The molecule has 69 valence electrons. The van der Waals surface area contributed by atoms with E-state index in [0.717, 1.165) is 10.9 Å². The van der Waals surface area contributed by atoms with Crippen LogP contribution >= 0.6 is 11.6 Å². The van der Waals surface area contributed by atoms with Gasteiger partial charge in [0, 0.05) is 5.02 Å². The molecule has 13 heavy (non-hydrogen) atoms. The molecule has 1 fully saturated rings. The highest BCUT2D eigenvalue weighted by molar-refractivity contribution is 6.31. The van der Waals surface area contributed by atoms with Gasteiger partial charge in [0.15, 0.2) is 0 Å². The summed E-state index contributed by atoms with van der Waals surface area (Å²) >= 11 is 6.08. The number of benzene rings is 1. The van der Waals surface area contributed by atoms with Crippen LogP contribution in [-0.2, 0) is 0 Å². The lowest BCUT2D eigenvalue weighted by Gasteiger charge is -2.09. The fourth-order valence-corrected chi connectivity index (χ4v) is 1.91. The third-order valence-corrected chi connectivity index (χ3v) is 2.94. The van der Waals surface area contributed by atoms with Crippen LogP contribution in [-0.4, -0.2) is 0 Å². The molecule has 0 heterocycles. The van der Waals surface area contributed by atoms with Crippen molar-refractivity contribution in [2.45, 2.75) is 31.6 Å². The highest BCUT2D eigenvalue weighted by atomic mass is 35.5. The summed E-state index contributed by atoms with van der Waals surface area (Å²) in [7, 11) is 0. The second-order valence-corrected chi connectivity index (χ2v) is 4.36. The van der Waals surface area contributed by atoms with Crippen LogP contribution < -0.4 is 0 Å². The number of rotatable bonds is 2. The minimum absolute atomic E-state index is 0.284. The van der Waals surface area contributed by atoms with E-state index in [4.69, 9.17) is 11.6 Å². The predicted molar refractivity (Wildman–Crippen MR) is 57.2 cm³/mol. The fraction of sp³-hybridized carbons (Fsp3) is 0.417. The van der Waals surface area contributed by atoms with Crippen molar-refractivity contribution < 1.29 is 0 Å². The van der Waals surface area contributed by atoms with Crippen LogP contribution in [0.4, 0.5) is 0 Å². The maximum absolute atomic E-state index is 6.08. The lowest BCUT2D eigenvalue weighted by Crippen LogP contribution is -1.91. The Labute approximate surface area is 84.9 Å². The summed E-state index contributed by atoms with van der Waals surface area (Å²) in [6.07, 6.45) is 2.68. The molecule has 1 heteroatoms. The molecule has 1 aliphatic carbocycles. The largest absolute Gasteiger partial charge is 0.0840 e. The van der Waals surface area contributed by atoms with Crippen LogP contribution in [0, 0.1) is 6.92 Å². The standard InChI is InChI=1S/C12H14Cl/c1-8(2)11-7-10(9-3-4-9)5-6-12(11)13/h5-9H,1,3-4H2,2H3. The molecule has 1 atom stereocenters. The molecule has 0 nitrogen and oxygen atoms in total. The fourth-order valence-electron chi connectivity index (χ4n) is 1.61. The SMILES string of the molecule is [CH2]C(C)c1cc(C2CC2)ccc1Cl. The molecule has 0 bridgehead atoms. The van der Waals surface area contributed by atoms with Crippen LogP contribution in [0.5, 0.6) is 0 Å². The van der Waals surface area contributed by atoms with E-state index in [1.165, 1.54) is 24.0 Å². The second kappa shape index (κ2) is 3.34. The van der Waals surface area contributed by atoms with Crippen molar-refractivity contribution in [2.75, 3.05) is 0 Å². The van der Waals surface area contributed by atoms with E-state index in [1.54, 1.807) is 0 Å². The Bertz CT molecular complexity index is 311. The van der Waals surface area contributed by atoms with E-state index < -0.39 is 0 Å². The van der Waals surface area contributed by atoms with Gasteiger partial charge in [-0.15, -0.1) is 0 Å². The van der Waals surface area contributed by atoms with Gasteiger partial charge in [-0.3, -0.25) is 0 Å². The molecule has 0 aromatic heterocycles. The first-order valence-corrected chi connectivity index (χ1v) is 5.18. The van der Waals surface area contributed by atoms with Crippen LogP contribution in [0.3, 0.4) is 0 Å². The highest BCUT2D eigenvalue weighted by Crippen LogP contribution is 2.41. The lowest BCUT2D eigenvalue weighted by molar-refractivity contribution is 0.954. The maximum Gasteiger partial charge on any atom is 0.0440 e. The van der Waals surface area contributed by atoms with Gasteiger partial charge in [0.25, 0.3) is 0 Å². The van der Waals surface area contributed by atoms with Crippen molar-refractivity contribution in [3.63, 3.8) is 0 Å². The van der Waals surface area contributed by atoms with Crippen molar-refractivity contribution in [1.82, 2.24) is 0 Å². The molecule has 2 rings (SSSR count). The number of hydrogen-bond donors (Lipinski definition) is 0. The zero-order chi connectivity index (χ0) is 9.42. The highest BCUT2D eigenvalue weighted by Gasteiger charge is 2.24. The average molecular weight is 194 g/mol. The summed E-state index contributed by atoms with van der Waals surface area (Å²) in [6.45, 7) is 6.09. The Balaban J connectivity index is 2.36. The summed E-state index contributed by atoms with van der Waals surface area (Å²) in [5.41, 5.74) is 2.63. The molecule has 0 aliphatic heterocycles. The molecule has 1 unspecified atom stereocenters. The quantitative estimate of drug-likeness (QED) is 0.662. The molecule has 1 aromatic rings. The van der Waals surface area contributed by atoms with E-state index in [-0.39, 0.29) is 5.92 Å². The predicted octanol–water partition coefficient (Wildman–Crippen LogP) is 4.15. The molecule has 1 radical (unpaired) electrons. The van der Waals surface area contributed by atoms with E-state index in [0.29, 0.717) is 0 Å². The van der Waals surface area contributed by atoms with Gasteiger partial charge < -0.3 is 0 Å². The first-order chi connectivity index (χ1) is 6.18. The normalized spacial score (nSPS) is 16.6. The molecule has 1 saturated carbocycles. The monoisotopic (exact) mass is 193 g/mol. The Hall–Kier alpha value is -0.490. The Morgan fingerprint density at radius 3 is 2.69 bits per heavy atom. The van der Waals surface area contributed by atoms with E-state index in [2.05, 4.69) is 26.0 Å². The van der Waals surface area contributed by atoms with Gasteiger partial charge in [-0.05, 0) is 48.8 Å². The third kappa shape index (κ3) is 1.88. The summed E-state index contributed by atoms with van der Waals surface area (Å²) in [6, 6.07) is 6.37. The smallest absolute Gasteiger partial charge is 0.0440 e. The average Bonchev–Trinajstić information content (AvgIpc) is 2.87. The minimum atomic E-state index is 0.284. The summed E-state index contributed by atoms with van der Waals surface area (Å²) in [5.74, 6) is 1.08. The molecular formula is C12H14Cl. The van der Waals surface area contributed by atoms with Crippen molar-refractivity contribution in [3.8, 4) is 0 Å². The molecule has 0 spiro atoms. The van der Waals surface area contributed by atoms with Crippen molar-refractivity contribution in [3.05, 3.63) is 41.3 Å². The van der Waals surface area contributed by atoms with Crippen LogP contribution in [0.1, 0.15) is 42.7 Å². The maximum atomic E-state index is 6.08. The zero-order valence-corrected chi connectivity index (χ0v) is 8.64. The number of halogens is 1. The topological polar surface area (TPSA) is 0 Å². The van der Waals surface area contributed by atoms with E-state index in [9.17, 15) is 0 Å². The Morgan fingerprint density at radius 1 is 1.46 bits per heavy atom. The first kappa shape index (κ1) is 9.08. The van der Waals surface area contributed by atoms with E-state index in [1.807, 2.05) is 6.07 Å². The Kier molecular flexibility index (Phi) is 2.33. The molecule has 0 saturated heterocycles. The summed E-state index contributed by atoms with van der Waals surface area (Å²) in [5, 5.41) is 0.854. The summed E-state index contributed by atoms with van der Waals surface area (Å²) in [4.78, 5) is 0. The van der Waals surface area contributed by atoms with Gasteiger partial charge in [0.1, 0.15) is 0 Å². The molecule has 1 aliphatic rings. The van der Waals surface area contributed by atoms with Gasteiger partial charge in [0.2, 0.25) is 0 Å². The molecule has 0 N–H and O–H groups in total. The summed E-state index contributed by atoms with van der Waals surface area (Å²) < 4.78 is 0. The van der Waals surface area contributed by atoms with Crippen molar-refractivity contribution >= 4 is 11.6 Å². The molecule has 0 amide bonds. The third-order valence-electron chi connectivity index (χ3n) is 2.60. The molecular weight excluding hydrogens is 180 g/mol. The minimum Gasteiger partial charge on any atom is -0.0840 e. The van der Waals surface area contributed by atoms with Crippen LogP contribution in [0.25, 0.3) is 0 Å². The van der Waals surface area contributed by atoms with Gasteiger partial charge in [-0.25, -0.2) is 0 Å². The van der Waals surface area contributed by atoms with Gasteiger partial charge in [0.05, 0.1) is 0 Å². The van der Waals surface area contributed by atoms with Gasteiger partial charge in [-0.2, -0.15) is 0 Å².